The second-order valence-electron chi connectivity index (χ2n) is 17.2. The number of carbonyl (C=O) groups excluding carboxylic acids is 1. The van der Waals surface area contributed by atoms with Gasteiger partial charge in [-0.15, -0.1) is 24.0 Å². The lowest BCUT2D eigenvalue weighted by atomic mass is 9.90. The van der Waals surface area contributed by atoms with Crippen LogP contribution in [0.3, 0.4) is 0 Å². The molecule has 4 aromatic rings. The van der Waals surface area contributed by atoms with Crippen LogP contribution in [0.4, 0.5) is 4.79 Å². The Labute approximate surface area is 354 Å². The Kier molecular flexibility index (Phi) is 13.1. The summed E-state index contributed by atoms with van der Waals surface area (Å²) in [7, 11) is 0. The monoisotopic (exact) mass is 892 g/mol. The first kappa shape index (κ1) is 41.7. The number of rotatable bonds is 4. The van der Waals surface area contributed by atoms with Gasteiger partial charge in [0.15, 0.2) is 11.3 Å². The molecule has 0 spiro atoms. The number of nitrogens with zero attached hydrogens (tertiary/aromatic N) is 7. The fourth-order valence-electron chi connectivity index (χ4n) is 9.50. The Morgan fingerprint density at radius 1 is 0.754 bits per heavy atom. The Morgan fingerprint density at radius 2 is 1.28 bits per heavy atom. The molecule has 4 saturated heterocycles. The van der Waals surface area contributed by atoms with E-state index in [1.807, 2.05) is 38.1 Å². The lowest BCUT2D eigenvalue weighted by molar-refractivity contribution is 0.0197. The number of hydrogen-bond acceptors (Lipinski definition) is 9. The molecule has 2 atom stereocenters. The highest BCUT2D eigenvalue weighted by Gasteiger charge is 2.32. The Bertz CT molecular complexity index is 2100. The third kappa shape index (κ3) is 8.82. The van der Waals surface area contributed by atoms with E-state index in [0.717, 1.165) is 120 Å². The molecule has 6 aliphatic rings. The highest BCUT2D eigenvalue weighted by atomic mass is 127. The highest BCUT2D eigenvalue weighted by molar-refractivity contribution is 14.0. The number of fused-ring (bicyclic) bond motifs is 6. The summed E-state index contributed by atoms with van der Waals surface area (Å²) in [5, 5.41) is 3.50. The minimum Gasteiger partial charge on any atom is -0.444 e. The Morgan fingerprint density at radius 3 is 1.79 bits per heavy atom. The van der Waals surface area contributed by atoms with Gasteiger partial charge in [-0.05, 0) is 102 Å². The Balaban J connectivity index is 0.000000173. The average molecular weight is 893 g/mol. The van der Waals surface area contributed by atoms with Crippen molar-refractivity contribution in [3.8, 4) is 0 Å². The van der Waals surface area contributed by atoms with Gasteiger partial charge in [-0.25, -0.2) is 14.8 Å². The molecule has 2 aliphatic carbocycles. The number of amides is 1. The normalized spacial score (nSPS) is 22.8. The molecule has 12 nitrogen and oxygen atoms in total. The minimum atomic E-state index is -0.480. The van der Waals surface area contributed by atoms with Crippen LogP contribution in [0.25, 0.3) is 22.4 Å². The van der Waals surface area contributed by atoms with Crippen molar-refractivity contribution in [3.63, 3.8) is 0 Å². The number of allylic oxidation sites excluding steroid dienone is 4. The zero-order chi connectivity index (χ0) is 37.5. The van der Waals surface area contributed by atoms with Crippen molar-refractivity contribution in [2.24, 2.45) is 11.8 Å². The third-order valence-electron chi connectivity index (χ3n) is 12.3. The number of halogens is 1. The van der Waals surface area contributed by atoms with Crippen LogP contribution in [-0.2, 0) is 27.1 Å². The van der Waals surface area contributed by atoms with Gasteiger partial charge in [0.2, 0.25) is 0 Å². The lowest BCUT2D eigenvalue weighted by Gasteiger charge is -2.33. The van der Waals surface area contributed by atoms with Crippen LogP contribution in [-0.4, -0.2) is 97.9 Å². The van der Waals surface area contributed by atoms with Crippen molar-refractivity contribution in [2.75, 3.05) is 52.6 Å². The first-order valence-electron chi connectivity index (χ1n) is 20.8. The second-order valence-corrected chi connectivity index (χ2v) is 17.2. The largest absolute Gasteiger partial charge is 0.444 e. The molecule has 0 saturated carbocycles. The summed E-state index contributed by atoms with van der Waals surface area (Å²) in [5.74, 6) is 1.89. The molecule has 8 heterocycles. The van der Waals surface area contributed by atoms with Gasteiger partial charge in [-0.3, -0.25) is 18.8 Å². The Hall–Kier alpha value is -3.40. The van der Waals surface area contributed by atoms with Crippen LogP contribution in [0.1, 0.15) is 126 Å². The fourth-order valence-corrected chi connectivity index (χ4v) is 9.50. The smallest absolute Gasteiger partial charge is 0.410 e. The van der Waals surface area contributed by atoms with Crippen molar-refractivity contribution in [1.82, 2.24) is 39.0 Å². The second kappa shape index (κ2) is 17.8. The van der Waals surface area contributed by atoms with Crippen LogP contribution >= 0.6 is 24.0 Å². The van der Waals surface area contributed by atoms with Crippen molar-refractivity contribution in [1.29, 1.82) is 0 Å². The van der Waals surface area contributed by atoms with Gasteiger partial charge >= 0.3 is 6.09 Å². The van der Waals surface area contributed by atoms with Gasteiger partial charge < -0.3 is 24.4 Å². The molecule has 4 aliphatic heterocycles. The number of ether oxygens (including phenoxy) is 3. The minimum absolute atomic E-state index is 0. The molecule has 13 heteroatoms. The molecule has 1 amide bonds. The summed E-state index contributed by atoms with van der Waals surface area (Å²) in [4.78, 5) is 33.7. The van der Waals surface area contributed by atoms with Gasteiger partial charge in [-0.1, -0.05) is 19.6 Å². The van der Waals surface area contributed by atoms with Crippen LogP contribution in [0.15, 0.2) is 36.9 Å². The molecule has 57 heavy (non-hydrogen) atoms. The standard InChI is InChI=1S/C24H32N4O3.C19H24N4O.CH4.HI/c1-24(2,3)31-23(29)27-10-4-5-17(14-27)20-15-28-21(26-20)13-25-19-7-6-18(22(19)28)16-8-11-30-12-9-16;1-2-14(10-20-7-1)17-12-23-18(22-17)11-21-16-4-3-15(19(16)23)13-5-8-24-9-6-13;;/h6,13,15-17H,4-5,7-12,14H2,1-3H3;3,11-14,20H,1-2,4-10H2;1H4;1H. The van der Waals surface area contributed by atoms with E-state index in [0.29, 0.717) is 24.3 Å². The zero-order valence-electron chi connectivity index (χ0n) is 33.2. The summed E-state index contributed by atoms with van der Waals surface area (Å²) in [6.07, 6.45) is 23.5. The molecule has 4 aromatic heterocycles. The number of carbonyl (C=O) groups is 1. The quantitative estimate of drug-likeness (QED) is 0.203. The number of piperidine rings is 2. The maximum Gasteiger partial charge on any atom is 0.410 e. The van der Waals surface area contributed by atoms with Crippen LogP contribution in [0.2, 0.25) is 0 Å². The molecule has 2 unspecified atom stereocenters. The number of nitrogens with one attached hydrogen (secondary N) is 1. The molecule has 0 bridgehead atoms. The van der Waals surface area contributed by atoms with E-state index < -0.39 is 5.60 Å². The summed E-state index contributed by atoms with van der Waals surface area (Å²) < 4.78 is 21.3. The van der Waals surface area contributed by atoms with E-state index in [9.17, 15) is 4.79 Å². The van der Waals surface area contributed by atoms with Crippen LogP contribution in [0, 0.1) is 11.8 Å². The number of aromatic nitrogens is 6. The third-order valence-corrected chi connectivity index (χ3v) is 12.3. The maximum atomic E-state index is 12.6. The first-order chi connectivity index (χ1) is 26.8. The van der Waals surface area contributed by atoms with Crippen molar-refractivity contribution in [2.45, 2.75) is 110 Å². The molecular formula is C44H61IN8O4. The summed E-state index contributed by atoms with van der Waals surface area (Å²) in [5.41, 5.74) is 11.4. The summed E-state index contributed by atoms with van der Waals surface area (Å²) in [6, 6.07) is 0. The highest BCUT2D eigenvalue weighted by Crippen LogP contribution is 2.39. The predicted octanol–water partition coefficient (Wildman–Crippen LogP) is 8.03. The van der Waals surface area contributed by atoms with Crippen molar-refractivity contribution >= 4 is 52.5 Å². The topological polar surface area (TPSA) is 120 Å². The van der Waals surface area contributed by atoms with Gasteiger partial charge in [0.05, 0.1) is 46.6 Å². The van der Waals surface area contributed by atoms with Gasteiger partial charge in [0.1, 0.15) is 5.60 Å². The molecule has 308 valence electrons. The number of likely N-dealkylation sites (tertiary alicyclic amines) is 1. The summed E-state index contributed by atoms with van der Waals surface area (Å²) >= 11 is 0. The molecule has 10 rings (SSSR count). The molecule has 0 radical (unpaired) electrons. The number of imidazole rings is 2. The van der Waals surface area contributed by atoms with Crippen LogP contribution < -0.4 is 5.32 Å². The molecule has 1 N–H and O–H groups in total. The SMILES string of the molecule is C.C1=C(C2CCOCC2)c2c(ncc3nc(C4CCCNC4)cn23)C1.CC(C)(C)OC(=O)N1CCCC(c2cn3c4c(ncc3n2)CC=C4C2CCOCC2)C1.I. The predicted molar refractivity (Wildman–Crippen MR) is 233 cm³/mol. The van der Waals surface area contributed by atoms with E-state index in [1.54, 1.807) is 0 Å². The van der Waals surface area contributed by atoms with Crippen LogP contribution in [0.5, 0.6) is 0 Å². The molecular weight excluding hydrogens is 831 g/mol. The van der Waals surface area contributed by atoms with E-state index in [4.69, 9.17) is 34.1 Å². The summed E-state index contributed by atoms with van der Waals surface area (Å²) in [6.45, 7) is 12.7. The lowest BCUT2D eigenvalue weighted by Crippen LogP contribution is -2.42. The van der Waals surface area contributed by atoms with Gasteiger partial charge in [0, 0.05) is 83.1 Å². The zero-order valence-corrected chi connectivity index (χ0v) is 35.5. The molecule has 0 aromatic carbocycles. The first-order valence-corrected chi connectivity index (χ1v) is 20.8. The van der Waals surface area contributed by atoms with Crippen molar-refractivity contribution < 1.29 is 19.0 Å². The van der Waals surface area contributed by atoms with Gasteiger partial charge in [-0.2, -0.15) is 0 Å². The van der Waals surface area contributed by atoms with E-state index in [1.165, 1.54) is 46.8 Å². The fraction of sp³-hybridized carbons (Fsp3) is 0.614. The number of hydrogen-bond donors (Lipinski definition) is 1. The van der Waals surface area contributed by atoms with Crippen molar-refractivity contribution in [3.05, 3.63) is 71.1 Å². The van der Waals surface area contributed by atoms with E-state index in [-0.39, 0.29) is 43.4 Å². The molecule has 4 fully saturated rings. The maximum absolute atomic E-state index is 12.6. The van der Waals surface area contributed by atoms with Gasteiger partial charge in [0.25, 0.3) is 0 Å². The average Bonchev–Trinajstić information content (AvgIpc) is 4.02. The van der Waals surface area contributed by atoms with E-state index in [2.05, 4.69) is 38.7 Å². The van der Waals surface area contributed by atoms with E-state index >= 15 is 0 Å².